The van der Waals surface area contributed by atoms with Crippen molar-refractivity contribution in [3.8, 4) is 0 Å². The summed E-state index contributed by atoms with van der Waals surface area (Å²) in [6.07, 6.45) is 1.21. The number of nitrogens with one attached hydrogen (secondary N) is 1. The molecule has 1 aromatic rings. The van der Waals surface area contributed by atoms with E-state index in [1.54, 1.807) is 5.56 Å². The van der Waals surface area contributed by atoms with Crippen molar-refractivity contribution >= 4 is 11.3 Å². The summed E-state index contributed by atoms with van der Waals surface area (Å²) >= 11 is 1.86. The lowest BCUT2D eigenvalue weighted by molar-refractivity contribution is 0.520. The third-order valence-corrected chi connectivity index (χ3v) is 2.94. The van der Waals surface area contributed by atoms with Crippen LogP contribution in [-0.2, 0) is 13.0 Å². The Morgan fingerprint density at radius 3 is 3.50 bits per heavy atom. The summed E-state index contributed by atoms with van der Waals surface area (Å²) in [5.74, 6) is 0. The lowest BCUT2D eigenvalue weighted by atomic mass is 10.0. The molecule has 2 heteroatoms. The second-order valence-electron chi connectivity index (χ2n) is 2.86. The molecule has 54 valence electrons. The molecular weight excluding hydrogens is 142 g/mol. The largest absolute Gasteiger partial charge is 0.309 e. The van der Waals surface area contributed by atoms with Crippen LogP contribution in [-0.4, -0.2) is 6.04 Å². The normalized spacial score (nSPS) is 24.3. The molecule has 0 aliphatic carbocycles. The molecule has 1 N–H and O–H groups in total. The fourth-order valence-electron chi connectivity index (χ4n) is 1.37. The van der Waals surface area contributed by atoms with Crippen LogP contribution in [0.25, 0.3) is 0 Å². The van der Waals surface area contributed by atoms with Gasteiger partial charge in [0, 0.05) is 17.5 Å². The molecule has 0 saturated carbocycles. The number of rotatable bonds is 0. The Bertz CT molecular complexity index is 229. The molecule has 0 spiro atoms. The van der Waals surface area contributed by atoms with E-state index >= 15 is 0 Å². The molecule has 0 fully saturated rings. The summed E-state index contributed by atoms with van der Waals surface area (Å²) in [6.45, 7) is 3.31. The average molecular weight is 153 g/mol. The maximum Gasteiger partial charge on any atom is 0.0305 e. The first-order chi connectivity index (χ1) is 4.86. The zero-order valence-electron chi connectivity index (χ0n) is 6.05. The standard InChI is InChI=1S/C8H11NS/c1-6-4-7-2-3-10-8(7)5-9-6/h2-3,6,9H,4-5H2,1H3. The van der Waals surface area contributed by atoms with Gasteiger partial charge in [-0.15, -0.1) is 11.3 Å². The highest BCUT2D eigenvalue weighted by molar-refractivity contribution is 7.10. The van der Waals surface area contributed by atoms with E-state index in [1.165, 1.54) is 11.3 Å². The first-order valence-corrected chi connectivity index (χ1v) is 4.53. The van der Waals surface area contributed by atoms with Gasteiger partial charge in [-0.05, 0) is 30.4 Å². The summed E-state index contributed by atoms with van der Waals surface area (Å²) in [7, 11) is 0. The summed E-state index contributed by atoms with van der Waals surface area (Å²) < 4.78 is 0. The molecule has 1 aliphatic rings. The van der Waals surface area contributed by atoms with Gasteiger partial charge in [-0.3, -0.25) is 0 Å². The Morgan fingerprint density at radius 2 is 2.60 bits per heavy atom. The van der Waals surface area contributed by atoms with Crippen molar-refractivity contribution in [2.24, 2.45) is 0 Å². The molecule has 2 rings (SSSR count). The van der Waals surface area contributed by atoms with Crippen LogP contribution in [0.1, 0.15) is 17.4 Å². The summed E-state index contributed by atoms with van der Waals surface area (Å²) in [6, 6.07) is 2.92. The van der Waals surface area contributed by atoms with E-state index in [1.807, 2.05) is 11.3 Å². The van der Waals surface area contributed by atoms with E-state index < -0.39 is 0 Å². The molecule has 0 saturated heterocycles. The summed E-state index contributed by atoms with van der Waals surface area (Å²) in [5.41, 5.74) is 1.55. The molecule has 1 aromatic heterocycles. The Labute approximate surface area is 65.1 Å². The Balaban J connectivity index is 2.30. The van der Waals surface area contributed by atoms with Crippen molar-refractivity contribution in [1.29, 1.82) is 0 Å². The molecule has 0 radical (unpaired) electrons. The maximum atomic E-state index is 3.43. The Hall–Kier alpha value is -0.340. The van der Waals surface area contributed by atoms with Crippen molar-refractivity contribution in [2.75, 3.05) is 0 Å². The Kier molecular flexibility index (Phi) is 1.51. The van der Waals surface area contributed by atoms with Crippen molar-refractivity contribution < 1.29 is 0 Å². The molecule has 0 bridgehead atoms. The minimum atomic E-state index is 0.669. The van der Waals surface area contributed by atoms with Crippen molar-refractivity contribution in [3.05, 3.63) is 21.9 Å². The number of fused-ring (bicyclic) bond motifs is 1. The van der Waals surface area contributed by atoms with Gasteiger partial charge in [-0.2, -0.15) is 0 Å². The fourth-order valence-corrected chi connectivity index (χ4v) is 2.24. The maximum absolute atomic E-state index is 3.43. The molecule has 1 nitrogen and oxygen atoms in total. The molecule has 10 heavy (non-hydrogen) atoms. The van der Waals surface area contributed by atoms with Gasteiger partial charge >= 0.3 is 0 Å². The molecule has 1 aliphatic heterocycles. The first kappa shape index (κ1) is 6.38. The van der Waals surface area contributed by atoms with E-state index in [0.717, 1.165) is 6.54 Å². The zero-order chi connectivity index (χ0) is 6.97. The second kappa shape index (κ2) is 2.36. The van der Waals surface area contributed by atoms with E-state index in [4.69, 9.17) is 0 Å². The summed E-state index contributed by atoms with van der Waals surface area (Å²) in [5, 5.41) is 5.62. The number of hydrogen-bond acceptors (Lipinski definition) is 2. The van der Waals surface area contributed by atoms with Gasteiger partial charge in [0.25, 0.3) is 0 Å². The van der Waals surface area contributed by atoms with Gasteiger partial charge in [0.05, 0.1) is 0 Å². The van der Waals surface area contributed by atoms with Gasteiger partial charge in [0.15, 0.2) is 0 Å². The van der Waals surface area contributed by atoms with Crippen molar-refractivity contribution in [1.82, 2.24) is 5.32 Å². The quantitative estimate of drug-likeness (QED) is 0.599. The third-order valence-electron chi connectivity index (χ3n) is 1.97. The van der Waals surface area contributed by atoms with Gasteiger partial charge in [0.1, 0.15) is 0 Å². The Morgan fingerprint density at radius 1 is 1.70 bits per heavy atom. The van der Waals surface area contributed by atoms with E-state index in [0.29, 0.717) is 6.04 Å². The highest BCUT2D eigenvalue weighted by Gasteiger charge is 2.13. The predicted molar refractivity (Wildman–Crippen MR) is 44.3 cm³/mol. The lowest BCUT2D eigenvalue weighted by Crippen LogP contribution is -2.31. The minimum Gasteiger partial charge on any atom is -0.309 e. The minimum absolute atomic E-state index is 0.669. The molecule has 0 aromatic carbocycles. The van der Waals surface area contributed by atoms with Crippen LogP contribution in [0.5, 0.6) is 0 Å². The van der Waals surface area contributed by atoms with Gasteiger partial charge in [0.2, 0.25) is 0 Å². The summed E-state index contributed by atoms with van der Waals surface area (Å²) in [4.78, 5) is 1.53. The lowest BCUT2D eigenvalue weighted by Gasteiger charge is -2.19. The van der Waals surface area contributed by atoms with Crippen molar-refractivity contribution in [3.63, 3.8) is 0 Å². The smallest absolute Gasteiger partial charge is 0.0305 e. The molecule has 0 amide bonds. The SMILES string of the molecule is CC1Cc2ccsc2CN1. The molecule has 1 atom stereocenters. The molecule has 1 unspecified atom stereocenters. The average Bonchev–Trinajstić information content (AvgIpc) is 2.33. The van der Waals surface area contributed by atoms with Crippen LogP contribution in [0.15, 0.2) is 11.4 Å². The van der Waals surface area contributed by atoms with Crippen molar-refractivity contribution in [2.45, 2.75) is 25.9 Å². The van der Waals surface area contributed by atoms with Crippen LogP contribution in [0.3, 0.4) is 0 Å². The van der Waals surface area contributed by atoms with Gasteiger partial charge < -0.3 is 5.32 Å². The van der Waals surface area contributed by atoms with E-state index in [9.17, 15) is 0 Å². The topological polar surface area (TPSA) is 12.0 Å². The van der Waals surface area contributed by atoms with E-state index in [-0.39, 0.29) is 0 Å². The van der Waals surface area contributed by atoms with Crippen LogP contribution >= 0.6 is 11.3 Å². The molecule has 2 heterocycles. The highest BCUT2D eigenvalue weighted by atomic mass is 32.1. The van der Waals surface area contributed by atoms with Crippen LogP contribution in [0.2, 0.25) is 0 Å². The molecular formula is C8H11NS. The first-order valence-electron chi connectivity index (χ1n) is 3.65. The highest BCUT2D eigenvalue weighted by Crippen LogP contribution is 2.21. The van der Waals surface area contributed by atoms with Crippen LogP contribution in [0.4, 0.5) is 0 Å². The fraction of sp³-hybridized carbons (Fsp3) is 0.500. The van der Waals surface area contributed by atoms with Crippen LogP contribution < -0.4 is 5.32 Å². The number of hydrogen-bond donors (Lipinski definition) is 1. The van der Waals surface area contributed by atoms with Gasteiger partial charge in [-0.1, -0.05) is 0 Å². The number of thiophene rings is 1. The van der Waals surface area contributed by atoms with Crippen LogP contribution in [0, 0.1) is 0 Å². The zero-order valence-corrected chi connectivity index (χ0v) is 6.87. The van der Waals surface area contributed by atoms with Gasteiger partial charge in [-0.25, -0.2) is 0 Å². The predicted octanol–water partition coefficient (Wildman–Crippen LogP) is 1.78. The van der Waals surface area contributed by atoms with E-state index in [2.05, 4.69) is 23.7 Å². The monoisotopic (exact) mass is 153 g/mol. The third kappa shape index (κ3) is 0.976. The second-order valence-corrected chi connectivity index (χ2v) is 3.86.